The first-order valence-electron chi connectivity index (χ1n) is 12.5. The summed E-state index contributed by atoms with van der Waals surface area (Å²) in [5.41, 5.74) is 1.40. The minimum absolute atomic E-state index is 0.197. The normalized spacial score (nSPS) is 22.3. The van der Waals surface area contributed by atoms with Gasteiger partial charge in [-0.05, 0) is 48.0 Å². The van der Waals surface area contributed by atoms with Crippen LogP contribution in [-0.2, 0) is 0 Å². The van der Waals surface area contributed by atoms with E-state index in [9.17, 15) is 14.4 Å². The molecule has 3 aromatic carbocycles. The molecule has 6 heteroatoms. The molecule has 0 saturated carbocycles. The third kappa shape index (κ3) is 2.80. The highest BCUT2D eigenvalue weighted by atomic mass is 16.5. The summed E-state index contributed by atoms with van der Waals surface area (Å²) in [4.78, 5) is 45.3. The van der Waals surface area contributed by atoms with Crippen LogP contribution in [-0.4, -0.2) is 36.5 Å². The molecule has 1 aromatic heterocycles. The number of anilines is 1. The fourth-order valence-electron chi connectivity index (χ4n) is 6.62. The van der Waals surface area contributed by atoms with Crippen molar-refractivity contribution in [3.63, 3.8) is 0 Å². The Bertz CT molecular complexity index is 1600. The zero-order chi connectivity index (χ0) is 26.0. The Hall–Kier alpha value is -4.71. The standard InChI is InChI=1S/C32H23NO5/c1-37-21-15-12-20(13-16-21)29(34)28-27(25-11-6-18-38-25)32(30(35)22-8-3-4-9-23(22)31(32)36)26-17-14-19-7-2-5-10-24(19)33(26)28/h2-18,26-28H,1H3/t26-,27-,28-/m1/s1. The Kier molecular flexibility index (Phi) is 4.82. The number of Topliss-reactive ketones (excluding diaryl/α,β-unsaturated/α-hetero) is 3. The van der Waals surface area contributed by atoms with Crippen LogP contribution < -0.4 is 9.64 Å². The lowest BCUT2D eigenvalue weighted by Gasteiger charge is -2.37. The largest absolute Gasteiger partial charge is 0.497 e. The highest BCUT2D eigenvalue weighted by Crippen LogP contribution is 2.61. The number of methoxy groups -OCH3 is 1. The topological polar surface area (TPSA) is 76.8 Å². The van der Waals surface area contributed by atoms with E-state index in [1.807, 2.05) is 41.3 Å². The van der Waals surface area contributed by atoms with E-state index in [0.717, 1.165) is 11.3 Å². The fraction of sp³-hybridized carbons (Fsp3) is 0.156. The Morgan fingerprint density at radius 3 is 2.21 bits per heavy atom. The summed E-state index contributed by atoms with van der Waals surface area (Å²) in [5, 5.41) is 0. The van der Waals surface area contributed by atoms with Crippen molar-refractivity contribution in [3.05, 3.63) is 125 Å². The maximum absolute atomic E-state index is 14.5. The summed E-state index contributed by atoms with van der Waals surface area (Å²) in [5.74, 6) is -0.524. The quantitative estimate of drug-likeness (QED) is 0.267. The molecule has 1 aliphatic carbocycles. The number of carbonyl (C=O) groups is 3. The van der Waals surface area contributed by atoms with E-state index in [1.54, 1.807) is 67.8 Å². The zero-order valence-electron chi connectivity index (χ0n) is 20.5. The molecule has 0 bridgehead atoms. The molecule has 38 heavy (non-hydrogen) atoms. The maximum atomic E-state index is 14.5. The predicted molar refractivity (Wildman–Crippen MR) is 142 cm³/mol. The first-order chi connectivity index (χ1) is 18.6. The Balaban J connectivity index is 1.51. The van der Waals surface area contributed by atoms with Gasteiger partial charge in [-0.2, -0.15) is 0 Å². The zero-order valence-corrected chi connectivity index (χ0v) is 20.5. The molecule has 1 spiro atoms. The number of furan rings is 1. The van der Waals surface area contributed by atoms with Gasteiger partial charge in [-0.3, -0.25) is 14.4 Å². The Labute approximate surface area is 219 Å². The van der Waals surface area contributed by atoms with Crippen molar-refractivity contribution in [1.82, 2.24) is 0 Å². The smallest absolute Gasteiger partial charge is 0.186 e. The minimum Gasteiger partial charge on any atom is -0.497 e. The number of fused-ring (bicyclic) bond motifs is 5. The molecule has 3 heterocycles. The number of nitrogens with zero attached hydrogens (tertiary/aromatic N) is 1. The minimum atomic E-state index is -1.56. The third-order valence-electron chi connectivity index (χ3n) is 8.21. The highest BCUT2D eigenvalue weighted by molar-refractivity contribution is 6.32. The van der Waals surface area contributed by atoms with Crippen LogP contribution >= 0.6 is 0 Å². The summed E-state index contributed by atoms with van der Waals surface area (Å²) in [6, 6.07) is 23.6. The lowest BCUT2D eigenvalue weighted by atomic mass is 9.65. The van der Waals surface area contributed by atoms with Gasteiger partial charge in [-0.1, -0.05) is 54.6 Å². The number of para-hydroxylation sites is 1. The van der Waals surface area contributed by atoms with E-state index in [0.29, 0.717) is 28.2 Å². The van der Waals surface area contributed by atoms with Gasteiger partial charge in [0.2, 0.25) is 0 Å². The van der Waals surface area contributed by atoms with E-state index >= 15 is 0 Å². The summed E-state index contributed by atoms with van der Waals surface area (Å²) in [6.45, 7) is 0. The van der Waals surface area contributed by atoms with Gasteiger partial charge >= 0.3 is 0 Å². The van der Waals surface area contributed by atoms with Crippen LogP contribution in [0.15, 0.2) is 102 Å². The van der Waals surface area contributed by atoms with E-state index in [4.69, 9.17) is 9.15 Å². The van der Waals surface area contributed by atoms with Gasteiger partial charge in [0, 0.05) is 22.4 Å². The molecular weight excluding hydrogens is 478 g/mol. The van der Waals surface area contributed by atoms with E-state index in [1.165, 1.54) is 6.26 Å². The number of hydrogen-bond donors (Lipinski definition) is 0. The van der Waals surface area contributed by atoms with Crippen molar-refractivity contribution in [3.8, 4) is 5.75 Å². The molecule has 7 rings (SSSR count). The molecule has 4 aromatic rings. The average molecular weight is 502 g/mol. The first-order valence-corrected chi connectivity index (χ1v) is 12.5. The fourth-order valence-corrected chi connectivity index (χ4v) is 6.62. The second-order valence-corrected chi connectivity index (χ2v) is 9.87. The molecule has 1 saturated heterocycles. The van der Waals surface area contributed by atoms with Crippen molar-refractivity contribution in [2.24, 2.45) is 5.41 Å². The molecule has 3 aliphatic rings. The van der Waals surface area contributed by atoms with Crippen molar-refractivity contribution >= 4 is 29.1 Å². The molecule has 6 nitrogen and oxygen atoms in total. The molecule has 3 atom stereocenters. The molecular formula is C32H23NO5. The summed E-state index contributed by atoms with van der Waals surface area (Å²) in [6.07, 6.45) is 5.37. The van der Waals surface area contributed by atoms with Crippen LogP contribution in [0.1, 0.15) is 48.3 Å². The van der Waals surface area contributed by atoms with Crippen LogP contribution in [0.3, 0.4) is 0 Å². The van der Waals surface area contributed by atoms with Crippen molar-refractivity contribution in [2.45, 2.75) is 18.0 Å². The first kappa shape index (κ1) is 22.5. The molecule has 0 radical (unpaired) electrons. The van der Waals surface area contributed by atoms with E-state index in [-0.39, 0.29) is 17.3 Å². The summed E-state index contributed by atoms with van der Waals surface area (Å²) >= 11 is 0. The Morgan fingerprint density at radius 2 is 1.55 bits per heavy atom. The van der Waals surface area contributed by atoms with Gasteiger partial charge < -0.3 is 14.1 Å². The van der Waals surface area contributed by atoms with Crippen molar-refractivity contribution in [2.75, 3.05) is 12.0 Å². The molecule has 1 fully saturated rings. The van der Waals surface area contributed by atoms with Gasteiger partial charge in [-0.15, -0.1) is 0 Å². The van der Waals surface area contributed by atoms with Gasteiger partial charge in [-0.25, -0.2) is 0 Å². The van der Waals surface area contributed by atoms with Crippen LogP contribution in [0.4, 0.5) is 5.69 Å². The summed E-state index contributed by atoms with van der Waals surface area (Å²) < 4.78 is 11.2. The monoisotopic (exact) mass is 501 g/mol. The average Bonchev–Trinajstić information content (AvgIpc) is 3.66. The number of ketones is 3. The molecule has 0 unspecified atom stereocenters. The summed E-state index contributed by atoms with van der Waals surface area (Å²) in [7, 11) is 1.57. The van der Waals surface area contributed by atoms with Crippen LogP contribution in [0.2, 0.25) is 0 Å². The number of ether oxygens (including phenoxy) is 1. The lowest BCUT2D eigenvalue weighted by Crippen LogP contribution is -2.48. The van der Waals surface area contributed by atoms with Crippen molar-refractivity contribution < 1.29 is 23.5 Å². The number of hydrogen-bond acceptors (Lipinski definition) is 6. The Morgan fingerprint density at radius 1 is 0.868 bits per heavy atom. The van der Waals surface area contributed by atoms with Gasteiger partial charge in [0.1, 0.15) is 23.0 Å². The predicted octanol–water partition coefficient (Wildman–Crippen LogP) is 5.60. The molecule has 0 amide bonds. The molecule has 2 aliphatic heterocycles. The van der Waals surface area contributed by atoms with Crippen LogP contribution in [0, 0.1) is 5.41 Å². The SMILES string of the molecule is COc1ccc(C(=O)[C@H]2[C@@H](c3ccco3)C3(C(=O)c4ccccc4C3=O)[C@H]3C=Cc4ccccc4N23)cc1. The molecule has 0 N–H and O–H groups in total. The van der Waals surface area contributed by atoms with Crippen molar-refractivity contribution in [1.29, 1.82) is 0 Å². The van der Waals surface area contributed by atoms with E-state index in [2.05, 4.69) is 0 Å². The van der Waals surface area contributed by atoms with Gasteiger partial charge in [0.05, 0.1) is 25.3 Å². The highest BCUT2D eigenvalue weighted by Gasteiger charge is 2.72. The number of carbonyl (C=O) groups excluding carboxylic acids is 3. The third-order valence-corrected chi connectivity index (χ3v) is 8.21. The van der Waals surface area contributed by atoms with Gasteiger partial charge in [0.15, 0.2) is 17.3 Å². The number of benzene rings is 3. The second kappa shape index (κ2) is 8.15. The number of rotatable bonds is 4. The molecule has 186 valence electrons. The second-order valence-electron chi connectivity index (χ2n) is 9.87. The van der Waals surface area contributed by atoms with Crippen LogP contribution in [0.5, 0.6) is 5.75 Å². The van der Waals surface area contributed by atoms with Gasteiger partial charge in [0.25, 0.3) is 0 Å². The van der Waals surface area contributed by atoms with Crippen LogP contribution in [0.25, 0.3) is 6.08 Å². The maximum Gasteiger partial charge on any atom is 0.186 e. The van der Waals surface area contributed by atoms with E-state index < -0.39 is 23.4 Å². The lowest BCUT2D eigenvalue weighted by molar-refractivity contribution is 0.0652.